The number of phenolic OH excluding ortho intramolecular Hbond substituents is 1. The Morgan fingerprint density at radius 1 is 1.03 bits per heavy atom. The van der Waals surface area contributed by atoms with Gasteiger partial charge < -0.3 is 5.11 Å². The molecule has 0 aromatic heterocycles. The van der Waals surface area contributed by atoms with Crippen molar-refractivity contribution in [2.45, 2.75) is 38.9 Å². The van der Waals surface area contributed by atoms with Gasteiger partial charge in [0.1, 0.15) is 5.75 Å². The molecule has 1 aliphatic heterocycles. The molecule has 1 N–H and O–H groups in total. The molecular weight excluding hydrogens is 415 g/mol. The van der Waals surface area contributed by atoms with Crippen LogP contribution in [0.3, 0.4) is 0 Å². The molecule has 0 atom stereocenters. The van der Waals surface area contributed by atoms with Gasteiger partial charge in [-0.2, -0.15) is 13.2 Å². The first kappa shape index (κ1) is 22.0. The first-order chi connectivity index (χ1) is 13.9. The van der Waals surface area contributed by atoms with Crippen molar-refractivity contribution in [1.29, 1.82) is 0 Å². The Labute approximate surface area is 176 Å². The Morgan fingerprint density at radius 3 is 2.23 bits per heavy atom. The third-order valence-corrected chi connectivity index (χ3v) is 5.57. The summed E-state index contributed by atoms with van der Waals surface area (Å²) >= 11 is 0.676. The van der Waals surface area contributed by atoms with Crippen molar-refractivity contribution < 1.29 is 27.9 Å². The number of halogens is 3. The monoisotopic (exact) mass is 435 g/mol. The summed E-state index contributed by atoms with van der Waals surface area (Å²) in [6, 6.07) is 10.5. The molecular formula is C22H20F3NO3S. The van der Waals surface area contributed by atoms with Crippen molar-refractivity contribution in [3.8, 4) is 5.75 Å². The van der Waals surface area contributed by atoms with Crippen molar-refractivity contribution in [3.63, 3.8) is 0 Å². The fraction of sp³-hybridized carbons (Fsp3) is 0.273. The van der Waals surface area contributed by atoms with Gasteiger partial charge in [0.25, 0.3) is 11.1 Å². The van der Waals surface area contributed by atoms with Crippen molar-refractivity contribution in [3.05, 3.63) is 69.6 Å². The summed E-state index contributed by atoms with van der Waals surface area (Å²) in [7, 11) is 0. The minimum atomic E-state index is -4.73. The molecule has 158 valence electrons. The number of thioether (sulfide) groups is 1. The maximum atomic E-state index is 13.0. The van der Waals surface area contributed by atoms with Gasteiger partial charge in [-0.05, 0) is 52.1 Å². The Hall–Kier alpha value is -2.74. The van der Waals surface area contributed by atoms with Crippen LogP contribution in [0.2, 0.25) is 0 Å². The molecule has 30 heavy (non-hydrogen) atoms. The van der Waals surface area contributed by atoms with Crippen molar-refractivity contribution in [1.82, 2.24) is 4.90 Å². The number of hydrogen-bond donors (Lipinski definition) is 1. The van der Waals surface area contributed by atoms with Crippen LogP contribution in [0.1, 0.15) is 43.0 Å². The highest BCUT2D eigenvalue weighted by Crippen LogP contribution is 2.38. The third kappa shape index (κ3) is 4.70. The average molecular weight is 435 g/mol. The van der Waals surface area contributed by atoms with Gasteiger partial charge in [-0.3, -0.25) is 14.5 Å². The number of carbonyl (C=O) groups is 2. The molecule has 1 fully saturated rings. The number of hydrogen-bond acceptors (Lipinski definition) is 4. The van der Waals surface area contributed by atoms with Gasteiger partial charge in [0, 0.05) is 0 Å². The number of nitrogens with zero attached hydrogens (tertiary/aromatic N) is 1. The zero-order valence-corrected chi connectivity index (χ0v) is 17.4. The number of alkyl halides is 3. The molecule has 8 heteroatoms. The predicted octanol–water partition coefficient (Wildman–Crippen LogP) is 5.95. The second kappa shape index (κ2) is 7.83. The SMILES string of the molecule is CC(C)(C)c1ccc(CN2C(=O)S/C(=C\c3ccc(O)c(C(F)(F)F)c3)C2=O)cc1. The summed E-state index contributed by atoms with van der Waals surface area (Å²) in [5.41, 5.74) is 0.737. The first-order valence-electron chi connectivity index (χ1n) is 9.11. The average Bonchev–Trinajstić information content (AvgIpc) is 2.89. The lowest BCUT2D eigenvalue weighted by Gasteiger charge is -2.20. The van der Waals surface area contributed by atoms with Crippen LogP contribution in [-0.4, -0.2) is 21.2 Å². The molecule has 2 amide bonds. The van der Waals surface area contributed by atoms with E-state index in [2.05, 4.69) is 20.8 Å². The summed E-state index contributed by atoms with van der Waals surface area (Å²) in [6.45, 7) is 6.32. The standard InChI is InChI=1S/C22H20F3NO3S/c1-21(2,3)15-7-4-13(5-8-15)12-26-19(28)18(30-20(26)29)11-14-6-9-17(27)16(10-14)22(23,24)25/h4-11,27H,12H2,1-3H3/b18-11-. The van der Waals surface area contributed by atoms with E-state index >= 15 is 0 Å². The van der Waals surface area contributed by atoms with E-state index in [1.54, 1.807) is 0 Å². The van der Waals surface area contributed by atoms with Crippen LogP contribution in [0.25, 0.3) is 6.08 Å². The van der Waals surface area contributed by atoms with Gasteiger partial charge in [-0.1, -0.05) is 51.1 Å². The van der Waals surface area contributed by atoms with E-state index in [4.69, 9.17) is 0 Å². The molecule has 0 saturated carbocycles. The normalized spacial score (nSPS) is 16.6. The lowest BCUT2D eigenvalue weighted by molar-refractivity contribution is -0.138. The summed E-state index contributed by atoms with van der Waals surface area (Å²) in [4.78, 5) is 26.0. The first-order valence-corrected chi connectivity index (χ1v) is 9.93. The molecule has 3 rings (SSSR count). The fourth-order valence-electron chi connectivity index (χ4n) is 2.95. The van der Waals surface area contributed by atoms with Gasteiger partial charge in [0.05, 0.1) is 17.0 Å². The molecule has 4 nitrogen and oxygen atoms in total. The highest BCUT2D eigenvalue weighted by Gasteiger charge is 2.36. The number of phenols is 1. The maximum absolute atomic E-state index is 13.0. The Bertz CT molecular complexity index is 1020. The summed E-state index contributed by atoms with van der Waals surface area (Å²) in [5.74, 6) is -1.46. The fourth-order valence-corrected chi connectivity index (χ4v) is 3.79. The number of aromatic hydroxyl groups is 1. The minimum Gasteiger partial charge on any atom is -0.507 e. The molecule has 2 aromatic carbocycles. The molecule has 1 saturated heterocycles. The summed E-state index contributed by atoms with van der Waals surface area (Å²) in [5, 5.41) is 8.94. The molecule has 0 aliphatic carbocycles. The number of benzene rings is 2. The largest absolute Gasteiger partial charge is 0.507 e. The van der Waals surface area contributed by atoms with Gasteiger partial charge in [0.15, 0.2) is 0 Å². The minimum absolute atomic E-state index is 0.0248. The van der Waals surface area contributed by atoms with Crippen LogP contribution in [0.15, 0.2) is 47.4 Å². The highest BCUT2D eigenvalue weighted by atomic mass is 32.2. The van der Waals surface area contributed by atoms with E-state index < -0.39 is 28.6 Å². The van der Waals surface area contributed by atoms with Crippen LogP contribution < -0.4 is 0 Å². The van der Waals surface area contributed by atoms with Crippen molar-refractivity contribution in [2.24, 2.45) is 0 Å². The van der Waals surface area contributed by atoms with E-state index in [1.165, 1.54) is 12.1 Å². The summed E-state index contributed by atoms with van der Waals surface area (Å²) < 4.78 is 38.9. The third-order valence-electron chi connectivity index (χ3n) is 4.66. The Kier molecular flexibility index (Phi) is 5.73. The van der Waals surface area contributed by atoms with E-state index in [0.29, 0.717) is 11.8 Å². The Morgan fingerprint density at radius 2 is 1.67 bits per heavy atom. The molecule has 2 aromatic rings. The zero-order chi connectivity index (χ0) is 22.3. The van der Waals surface area contributed by atoms with E-state index in [1.807, 2.05) is 24.3 Å². The van der Waals surface area contributed by atoms with Gasteiger partial charge >= 0.3 is 6.18 Å². The number of imide groups is 1. The molecule has 1 aliphatic rings. The van der Waals surface area contributed by atoms with E-state index in [-0.39, 0.29) is 22.4 Å². The number of amides is 2. The zero-order valence-electron chi connectivity index (χ0n) is 16.6. The highest BCUT2D eigenvalue weighted by molar-refractivity contribution is 8.18. The lowest BCUT2D eigenvalue weighted by atomic mass is 9.87. The lowest BCUT2D eigenvalue weighted by Crippen LogP contribution is -2.27. The van der Waals surface area contributed by atoms with Crippen LogP contribution in [0.5, 0.6) is 5.75 Å². The van der Waals surface area contributed by atoms with Gasteiger partial charge in [-0.15, -0.1) is 0 Å². The summed E-state index contributed by atoms with van der Waals surface area (Å²) in [6.07, 6.45) is -3.51. The number of carbonyl (C=O) groups excluding carboxylic acids is 2. The van der Waals surface area contributed by atoms with Crippen molar-refractivity contribution >= 4 is 29.0 Å². The van der Waals surface area contributed by atoms with Crippen LogP contribution in [0.4, 0.5) is 18.0 Å². The van der Waals surface area contributed by atoms with Crippen LogP contribution in [0, 0.1) is 0 Å². The molecule has 0 spiro atoms. The van der Waals surface area contributed by atoms with Crippen LogP contribution >= 0.6 is 11.8 Å². The molecule has 0 unspecified atom stereocenters. The molecule has 0 bridgehead atoms. The van der Waals surface area contributed by atoms with E-state index in [9.17, 15) is 27.9 Å². The Balaban J connectivity index is 1.81. The topological polar surface area (TPSA) is 57.6 Å². The maximum Gasteiger partial charge on any atom is 0.419 e. The molecule has 0 radical (unpaired) electrons. The van der Waals surface area contributed by atoms with E-state index in [0.717, 1.165) is 28.2 Å². The quantitative estimate of drug-likeness (QED) is 0.606. The van der Waals surface area contributed by atoms with Crippen molar-refractivity contribution in [2.75, 3.05) is 0 Å². The second-order valence-corrected chi connectivity index (χ2v) is 8.98. The van der Waals surface area contributed by atoms with Gasteiger partial charge in [0.2, 0.25) is 0 Å². The predicted molar refractivity (Wildman–Crippen MR) is 110 cm³/mol. The smallest absolute Gasteiger partial charge is 0.419 e. The van der Waals surface area contributed by atoms with Crippen LogP contribution in [-0.2, 0) is 22.9 Å². The van der Waals surface area contributed by atoms with Gasteiger partial charge in [-0.25, -0.2) is 0 Å². The molecule has 1 heterocycles. The number of rotatable bonds is 3. The second-order valence-electron chi connectivity index (χ2n) is 7.99.